The minimum absolute atomic E-state index is 0.604. The van der Waals surface area contributed by atoms with Gasteiger partial charge in [0.25, 0.3) is 0 Å². The number of thioether (sulfide) groups is 1. The SMILES string of the molecule is CSc1nc(NN)cc(NCCCCN(C)C(C)C)n1. The van der Waals surface area contributed by atoms with E-state index in [4.69, 9.17) is 5.84 Å². The quantitative estimate of drug-likeness (QED) is 0.212. The van der Waals surface area contributed by atoms with Gasteiger partial charge in [0.05, 0.1) is 0 Å². The number of aromatic nitrogens is 2. The fraction of sp³-hybridized carbons (Fsp3) is 0.692. The molecule has 0 aromatic carbocycles. The Labute approximate surface area is 125 Å². The van der Waals surface area contributed by atoms with Crippen LogP contribution in [0.5, 0.6) is 0 Å². The highest BCUT2D eigenvalue weighted by Gasteiger charge is 2.04. The second kappa shape index (κ2) is 8.99. The third kappa shape index (κ3) is 5.94. The Hall–Kier alpha value is -1.05. The van der Waals surface area contributed by atoms with Gasteiger partial charge in [-0.1, -0.05) is 11.8 Å². The van der Waals surface area contributed by atoms with E-state index in [0.717, 1.165) is 25.3 Å². The molecule has 0 fully saturated rings. The van der Waals surface area contributed by atoms with E-state index in [1.807, 2.05) is 12.3 Å². The topological polar surface area (TPSA) is 79.1 Å². The van der Waals surface area contributed by atoms with Crippen LogP contribution in [0.2, 0.25) is 0 Å². The summed E-state index contributed by atoms with van der Waals surface area (Å²) < 4.78 is 0. The van der Waals surface area contributed by atoms with Gasteiger partial charge in [-0.05, 0) is 46.5 Å². The van der Waals surface area contributed by atoms with E-state index in [0.29, 0.717) is 17.0 Å². The maximum absolute atomic E-state index is 5.40. The van der Waals surface area contributed by atoms with Crippen LogP contribution in [0.3, 0.4) is 0 Å². The number of hydrogen-bond donors (Lipinski definition) is 3. The molecule has 0 unspecified atom stereocenters. The summed E-state index contributed by atoms with van der Waals surface area (Å²) in [6.45, 7) is 6.45. The number of nitrogens with zero attached hydrogens (tertiary/aromatic N) is 3. The number of nitrogens with one attached hydrogen (secondary N) is 2. The summed E-state index contributed by atoms with van der Waals surface area (Å²) >= 11 is 1.50. The van der Waals surface area contributed by atoms with Crippen LogP contribution < -0.4 is 16.6 Å². The summed E-state index contributed by atoms with van der Waals surface area (Å²) in [5.74, 6) is 6.84. The number of unbranched alkanes of at least 4 members (excludes halogenated alkanes) is 1. The highest BCUT2D eigenvalue weighted by atomic mass is 32.2. The maximum Gasteiger partial charge on any atom is 0.191 e. The van der Waals surface area contributed by atoms with Crippen molar-refractivity contribution < 1.29 is 0 Å². The summed E-state index contributed by atoms with van der Waals surface area (Å²) in [5.41, 5.74) is 2.56. The lowest BCUT2D eigenvalue weighted by Crippen LogP contribution is -2.27. The summed E-state index contributed by atoms with van der Waals surface area (Å²) in [6, 6.07) is 2.42. The number of hydrogen-bond acceptors (Lipinski definition) is 7. The van der Waals surface area contributed by atoms with Gasteiger partial charge in [0.1, 0.15) is 11.6 Å². The van der Waals surface area contributed by atoms with E-state index in [9.17, 15) is 0 Å². The van der Waals surface area contributed by atoms with Crippen molar-refractivity contribution in [3.05, 3.63) is 6.07 Å². The molecular formula is C13H26N6S. The van der Waals surface area contributed by atoms with Crippen molar-refractivity contribution in [3.63, 3.8) is 0 Å². The van der Waals surface area contributed by atoms with E-state index in [1.54, 1.807) is 0 Å². The monoisotopic (exact) mass is 298 g/mol. The molecule has 1 rings (SSSR count). The molecule has 4 N–H and O–H groups in total. The Kier molecular flexibility index (Phi) is 7.64. The molecule has 6 nitrogen and oxygen atoms in total. The van der Waals surface area contributed by atoms with E-state index >= 15 is 0 Å². The van der Waals surface area contributed by atoms with Gasteiger partial charge in [-0.2, -0.15) is 0 Å². The predicted octanol–water partition coefficient (Wildman–Crippen LogP) is 2.02. The molecule has 0 radical (unpaired) electrons. The second-order valence-electron chi connectivity index (χ2n) is 4.98. The zero-order valence-corrected chi connectivity index (χ0v) is 13.6. The molecule has 0 atom stereocenters. The number of anilines is 2. The fourth-order valence-corrected chi connectivity index (χ4v) is 2.02. The van der Waals surface area contributed by atoms with Crippen molar-refractivity contribution >= 4 is 23.4 Å². The Balaban J connectivity index is 2.34. The highest BCUT2D eigenvalue weighted by Crippen LogP contribution is 2.16. The van der Waals surface area contributed by atoms with Crippen molar-refractivity contribution in [2.75, 3.05) is 37.1 Å². The molecule has 7 heteroatoms. The molecule has 0 saturated heterocycles. The average molecular weight is 298 g/mol. The third-order valence-corrected chi connectivity index (χ3v) is 3.71. The Morgan fingerprint density at radius 2 is 2.00 bits per heavy atom. The standard InChI is InChI=1S/C13H26N6S/c1-10(2)19(3)8-6-5-7-15-11-9-12(18-14)17-13(16-11)20-4/h9-10H,5-8,14H2,1-4H3,(H2,15,16,17,18). The van der Waals surface area contributed by atoms with Crippen LogP contribution in [0, 0.1) is 0 Å². The minimum atomic E-state index is 0.604. The zero-order valence-electron chi connectivity index (χ0n) is 12.8. The molecule has 0 aliphatic heterocycles. The Morgan fingerprint density at radius 1 is 1.30 bits per heavy atom. The largest absolute Gasteiger partial charge is 0.370 e. The number of rotatable bonds is 9. The van der Waals surface area contributed by atoms with Gasteiger partial charge in [-0.25, -0.2) is 15.8 Å². The molecule has 0 aliphatic carbocycles. The fourth-order valence-electron chi connectivity index (χ4n) is 1.64. The van der Waals surface area contributed by atoms with Gasteiger partial charge in [0, 0.05) is 18.7 Å². The Bertz CT molecular complexity index is 376. The van der Waals surface area contributed by atoms with Gasteiger partial charge >= 0.3 is 0 Å². The van der Waals surface area contributed by atoms with Crippen LogP contribution in [0.4, 0.5) is 11.6 Å². The molecule has 114 valence electrons. The lowest BCUT2D eigenvalue weighted by Gasteiger charge is -2.20. The first-order valence-corrected chi connectivity index (χ1v) is 8.13. The van der Waals surface area contributed by atoms with Gasteiger partial charge in [0.2, 0.25) is 0 Å². The smallest absolute Gasteiger partial charge is 0.191 e. The average Bonchev–Trinajstić information content (AvgIpc) is 2.46. The molecule has 0 aliphatic rings. The zero-order chi connectivity index (χ0) is 15.0. The summed E-state index contributed by atoms with van der Waals surface area (Å²) in [6.07, 6.45) is 4.23. The van der Waals surface area contributed by atoms with E-state index in [2.05, 4.69) is 46.5 Å². The van der Waals surface area contributed by atoms with E-state index < -0.39 is 0 Å². The molecule has 1 aromatic heterocycles. The third-order valence-electron chi connectivity index (χ3n) is 3.16. The lowest BCUT2D eigenvalue weighted by atomic mass is 10.2. The van der Waals surface area contributed by atoms with Crippen LogP contribution >= 0.6 is 11.8 Å². The van der Waals surface area contributed by atoms with Crippen LogP contribution in [0.15, 0.2) is 11.2 Å². The van der Waals surface area contributed by atoms with Gasteiger partial charge in [-0.3, -0.25) is 0 Å². The van der Waals surface area contributed by atoms with Crippen molar-refractivity contribution in [1.29, 1.82) is 0 Å². The van der Waals surface area contributed by atoms with Gasteiger partial charge < -0.3 is 15.6 Å². The summed E-state index contributed by atoms with van der Waals surface area (Å²) in [4.78, 5) is 11.0. The summed E-state index contributed by atoms with van der Waals surface area (Å²) in [5, 5.41) is 4.03. The van der Waals surface area contributed by atoms with Crippen LogP contribution in [0.25, 0.3) is 0 Å². The molecule has 1 aromatic rings. The van der Waals surface area contributed by atoms with Crippen molar-refractivity contribution in [2.24, 2.45) is 5.84 Å². The first-order chi connectivity index (χ1) is 9.56. The van der Waals surface area contributed by atoms with Crippen molar-refractivity contribution in [2.45, 2.75) is 37.9 Å². The summed E-state index contributed by atoms with van der Waals surface area (Å²) in [7, 11) is 2.16. The highest BCUT2D eigenvalue weighted by molar-refractivity contribution is 7.98. The lowest BCUT2D eigenvalue weighted by molar-refractivity contribution is 0.269. The molecule has 20 heavy (non-hydrogen) atoms. The maximum atomic E-state index is 5.40. The van der Waals surface area contributed by atoms with Crippen LogP contribution in [-0.2, 0) is 0 Å². The molecular weight excluding hydrogens is 272 g/mol. The number of nitrogen functional groups attached to an aromatic ring is 1. The molecule has 0 bridgehead atoms. The molecule has 1 heterocycles. The second-order valence-corrected chi connectivity index (χ2v) is 5.75. The number of nitrogens with two attached hydrogens (primary N) is 1. The minimum Gasteiger partial charge on any atom is -0.370 e. The first kappa shape index (κ1) is 17.0. The van der Waals surface area contributed by atoms with Crippen molar-refractivity contribution in [1.82, 2.24) is 14.9 Å². The molecule has 0 spiro atoms. The molecule has 0 amide bonds. The van der Waals surface area contributed by atoms with Crippen LogP contribution in [-0.4, -0.2) is 47.3 Å². The normalized spacial score (nSPS) is 11.2. The Morgan fingerprint density at radius 3 is 2.60 bits per heavy atom. The van der Waals surface area contributed by atoms with E-state index in [1.165, 1.54) is 18.2 Å². The first-order valence-electron chi connectivity index (χ1n) is 6.90. The van der Waals surface area contributed by atoms with Gasteiger partial charge in [0.15, 0.2) is 5.16 Å². The predicted molar refractivity (Wildman–Crippen MR) is 87.1 cm³/mol. The van der Waals surface area contributed by atoms with Gasteiger partial charge in [-0.15, -0.1) is 0 Å². The van der Waals surface area contributed by atoms with Crippen molar-refractivity contribution in [3.8, 4) is 0 Å². The number of hydrazine groups is 1. The van der Waals surface area contributed by atoms with Crippen LogP contribution in [0.1, 0.15) is 26.7 Å². The van der Waals surface area contributed by atoms with E-state index in [-0.39, 0.29) is 0 Å². The molecule has 0 saturated carbocycles.